The molecule has 0 amide bonds. The van der Waals surface area contributed by atoms with Gasteiger partial charge in [-0.3, -0.25) is 0 Å². The fourth-order valence-electron chi connectivity index (χ4n) is 2.84. The average Bonchev–Trinajstić information content (AvgIpc) is 2.82. The van der Waals surface area contributed by atoms with Gasteiger partial charge in [-0.15, -0.1) is 0 Å². The van der Waals surface area contributed by atoms with Crippen molar-refractivity contribution in [3.05, 3.63) is 51.9 Å². The number of hydrogen-bond donors (Lipinski definition) is 1. The van der Waals surface area contributed by atoms with Crippen molar-refractivity contribution in [3.8, 4) is 5.75 Å². The minimum Gasteiger partial charge on any atom is -0.483 e. The minimum atomic E-state index is -1.25. The van der Waals surface area contributed by atoms with E-state index in [1.54, 1.807) is 45.9 Å². The molecule has 0 fully saturated rings. The molecule has 1 aromatic carbocycles. The van der Waals surface area contributed by atoms with Gasteiger partial charge >= 0.3 is 11.6 Å². The minimum absolute atomic E-state index is 0.372. The molecule has 2 heterocycles. The molecule has 6 nitrogen and oxygen atoms in total. The van der Waals surface area contributed by atoms with E-state index < -0.39 is 29.4 Å². The number of benzene rings is 1. The summed E-state index contributed by atoms with van der Waals surface area (Å²) in [4.78, 5) is 23.5. The van der Waals surface area contributed by atoms with Crippen molar-refractivity contribution in [2.75, 3.05) is 0 Å². The summed E-state index contributed by atoms with van der Waals surface area (Å²) < 4.78 is 16.6. The number of allylic oxidation sites excluding steroid dienone is 1. The first-order chi connectivity index (χ1) is 11.6. The molecular formula is C19H20O6. The first kappa shape index (κ1) is 17.2. The van der Waals surface area contributed by atoms with E-state index >= 15 is 0 Å². The van der Waals surface area contributed by atoms with Crippen molar-refractivity contribution in [1.82, 2.24) is 0 Å². The zero-order chi connectivity index (χ0) is 18.4. The van der Waals surface area contributed by atoms with E-state index in [0.717, 1.165) is 5.57 Å². The van der Waals surface area contributed by atoms with E-state index in [1.807, 2.05) is 0 Å². The quantitative estimate of drug-likeness (QED) is 0.523. The lowest BCUT2D eigenvalue weighted by Crippen LogP contribution is -2.43. The Labute approximate surface area is 144 Å². The van der Waals surface area contributed by atoms with Gasteiger partial charge in [0.15, 0.2) is 12.2 Å². The highest BCUT2D eigenvalue weighted by molar-refractivity contribution is 5.84. The molecule has 1 N–H and O–H groups in total. The predicted octanol–water partition coefficient (Wildman–Crippen LogP) is 2.88. The topological polar surface area (TPSA) is 86.0 Å². The third-order valence-electron chi connectivity index (χ3n) is 3.93. The summed E-state index contributed by atoms with van der Waals surface area (Å²) in [6.07, 6.45) is -0.158. The lowest BCUT2D eigenvalue weighted by atomic mass is 9.94. The number of carbonyl (C=O) groups excluding carboxylic acids is 1. The van der Waals surface area contributed by atoms with Gasteiger partial charge in [-0.25, -0.2) is 9.59 Å². The first-order valence-corrected chi connectivity index (χ1v) is 7.97. The third-order valence-corrected chi connectivity index (χ3v) is 3.93. The summed E-state index contributed by atoms with van der Waals surface area (Å²) >= 11 is 0. The number of rotatable bonds is 3. The van der Waals surface area contributed by atoms with E-state index in [4.69, 9.17) is 13.9 Å². The van der Waals surface area contributed by atoms with Gasteiger partial charge in [0.2, 0.25) is 0 Å². The van der Waals surface area contributed by atoms with Crippen LogP contribution in [0.25, 0.3) is 11.0 Å². The van der Waals surface area contributed by atoms with Crippen LogP contribution in [0.4, 0.5) is 0 Å². The van der Waals surface area contributed by atoms with Crippen LogP contribution in [0.2, 0.25) is 0 Å². The number of ether oxygens (including phenoxy) is 2. The number of carbonyl (C=O) groups is 1. The van der Waals surface area contributed by atoms with Crippen LogP contribution in [0.1, 0.15) is 39.4 Å². The van der Waals surface area contributed by atoms with Crippen molar-refractivity contribution < 1.29 is 23.8 Å². The van der Waals surface area contributed by atoms with Gasteiger partial charge in [-0.2, -0.15) is 0 Å². The first-order valence-electron chi connectivity index (χ1n) is 7.97. The van der Waals surface area contributed by atoms with Crippen LogP contribution in [-0.4, -0.2) is 22.8 Å². The number of fused-ring (bicyclic) bond motifs is 2. The Morgan fingerprint density at radius 3 is 2.64 bits per heavy atom. The summed E-state index contributed by atoms with van der Waals surface area (Å²) in [5, 5.41) is 11.1. The predicted molar refractivity (Wildman–Crippen MR) is 91.5 cm³/mol. The Morgan fingerprint density at radius 1 is 1.28 bits per heavy atom. The second-order valence-corrected chi connectivity index (χ2v) is 6.95. The zero-order valence-corrected chi connectivity index (χ0v) is 14.5. The maximum atomic E-state index is 12.1. The molecule has 0 aliphatic carbocycles. The van der Waals surface area contributed by atoms with E-state index in [9.17, 15) is 14.7 Å². The van der Waals surface area contributed by atoms with Gasteiger partial charge in [-0.1, -0.05) is 5.57 Å². The van der Waals surface area contributed by atoms with E-state index in [-0.39, 0.29) is 0 Å². The second-order valence-electron chi connectivity index (χ2n) is 6.95. The number of hydrogen-bond acceptors (Lipinski definition) is 6. The molecule has 132 valence electrons. The Kier molecular flexibility index (Phi) is 4.16. The maximum absolute atomic E-state index is 12.1. The van der Waals surface area contributed by atoms with Gasteiger partial charge in [0.25, 0.3) is 0 Å². The summed E-state index contributed by atoms with van der Waals surface area (Å²) in [6, 6.07) is 6.29. The average molecular weight is 344 g/mol. The van der Waals surface area contributed by atoms with Gasteiger partial charge in [0.1, 0.15) is 11.3 Å². The highest BCUT2D eigenvalue weighted by Gasteiger charge is 2.45. The summed E-state index contributed by atoms with van der Waals surface area (Å²) in [7, 11) is 0. The fourth-order valence-corrected chi connectivity index (χ4v) is 2.84. The zero-order valence-electron chi connectivity index (χ0n) is 14.5. The van der Waals surface area contributed by atoms with Gasteiger partial charge < -0.3 is 19.0 Å². The molecule has 1 aromatic heterocycles. The molecule has 3 rings (SSSR count). The largest absolute Gasteiger partial charge is 0.483 e. The lowest BCUT2D eigenvalue weighted by Gasteiger charge is -2.29. The van der Waals surface area contributed by atoms with Gasteiger partial charge in [0.05, 0.1) is 5.60 Å². The Morgan fingerprint density at radius 2 is 2.00 bits per heavy atom. The van der Waals surface area contributed by atoms with Gasteiger partial charge in [-0.05, 0) is 39.8 Å². The summed E-state index contributed by atoms with van der Waals surface area (Å²) in [5.41, 5.74) is 0.100. The van der Waals surface area contributed by atoms with Crippen LogP contribution in [0.5, 0.6) is 5.75 Å². The SMILES string of the molecule is CC(C)=CC(=O)O[C@H]1c2cc3ccc(=O)oc3cc2O[C@H]1C(C)(C)O. The lowest BCUT2D eigenvalue weighted by molar-refractivity contribution is -0.154. The van der Waals surface area contributed by atoms with Crippen LogP contribution in [-0.2, 0) is 9.53 Å². The van der Waals surface area contributed by atoms with Crippen molar-refractivity contribution in [2.45, 2.75) is 45.5 Å². The van der Waals surface area contributed by atoms with Crippen molar-refractivity contribution in [3.63, 3.8) is 0 Å². The molecule has 0 saturated heterocycles. The van der Waals surface area contributed by atoms with Crippen LogP contribution < -0.4 is 10.4 Å². The summed E-state index contributed by atoms with van der Waals surface area (Å²) in [6.45, 7) is 6.77. The van der Waals surface area contributed by atoms with E-state index in [1.165, 1.54) is 12.1 Å². The molecule has 0 radical (unpaired) electrons. The Bertz CT molecular complexity index is 912. The molecule has 1 aliphatic heterocycles. The van der Waals surface area contributed by atoms with Crippen molar-refractivity contribution in [2.24, 2.45) is 0 Å². The highest BCUT2D eigenvalue weighted by atomic mass is 16.6. The monoisotopic (exact) mass is 344 g/mol. The highest BCUT2D eigenvalue weighted by Crippen LogP contribution is 2.44. The molecule has 25 heavy (non-hydrogen) atoms. The van der Waals surface area contributed by atoms with Gasteiger partial charge in [0, 0.05) is 29.2 Å². The molecule has 1 aliphatic rings. The molecule has 6 heteroatoms. The standard InChI is InChI=1S/C19H20O6/c1-10(2)7-16(21)25-17-12-8-11-5-6-15(20)23-13(11)9-14(12)24-18(17)19(3,4)22/h5-9,17-18,22H,1-4H3/t17-,18+/m0/s1. The Balaban J connectivity index is 2.08. The Hall–Kier alpha value is -2.60. The number of aliphatic hydroxyl groups is 1. The van der Waals surface area contributed by atoms with E-state index in [2.05, 4.69) is 0 Å². The van der Waals surface area contributed by atoms with Crippen molar-refractivity contribution >= 4 is 16.9 Å². The molecule has 0 unspecified atom stereocenters. The normalized spacial score (nSPS) is 19.2. The smallest absolute Gasteiger partial charge is 0.336 e. The van der Waals surface area contributed by atoms with Crippen LogP contribution in [0, 0.1) is 0 Å². The maximum Gasteiger partial charge on any atom is 0.336 e. The molecule has 2 aromatic rings. The van der Waals surface area contributed by atoms with Crippen LogP contribution in [0.3, 0.4) is 0 Å². The fraction of sp³-hybridized carbons (Fsp3) is 0.368. The second kappa shape index (κ2) is 6.04. The molecule has 2 atom stereocenters. The third kappa shape index (κ3) is 3.44. The molecule has 0 saturated carbocycles. The van der Waals surface area contributed by atoms with E-state index in [0.29, 0.717) is 22.3 Å². The van der Waals surface area contributed by atoms with Crippen LogP contribution in [0.15, 0.2) is 45.1 Å². The molecule has 0 bridgehead atoms. The molecule has 0 spiro atoms. The summed E-state index contributed by atoms with van der Waals surface area (Å²) in [5.74, 6) is -0.0839. The van der Waals surface area contributed by atoms with Crippen LogP contribution >= 0.6 is 0 Å². The van der Waals surface area contributed by atoms with Crippen molar-refractivity contribution in [1.29, 1.82) is 0 Å². The molecular weight excluding hydrogens is 324 g/mol. The number of esters is 1.